The van der Waals surface area contributed by atoms with Crippen LogP contribution in [0.5, 0.6) is 5.75 Å². The van der Waals surface area contributed by atoms with E-state index >= 15 is 0 Å². The molecule has 0 radical (unpaired) electrons. The molecule has 1 aromatic carbocycles. The first-order chi connectivity index (χ1) is 9.52. The molecule has 1 atom stereocenters. The molecule has 20 heavy (non-hydrogen) atoms. The summed E-state index contributed by atoms with van der Waals surface area (Å²) in [5.74, 6) is 1.83. The predicted molar refractivity (Wildman–Crippen MR) is 81.7 cm³/mol. The van der Waals surface area contributed by atoms with Gasteiger partial charge in [0.25, 0.3) is 0 Å². The average molecular weight is 273 g/mol. The predicted octanol–water partition coefficient (Wildman–Crippen LogP) is 3.38. The Morgan fingerprint density at radius 2 is 1.85 bits per heavy atom. The minimum absolute atomic E-state index is 0.0141. The number of aromatic nitrogens is 2. The molecule has 1 aromatic heterocycles. The van der Waals surface area contributed by atoms with Crippen LogP contribution in [0.2, 0.25) is 0 Å². The van der Waals surface area contributed by atoms with E-state index in [0.29, 0.717) is 0 Å². The normalized spacial score (nSPS) is 12.7. The Kier molecular flexibility index (Phi) is 4.45. The molecule has 0 fully saturated rings. The summed E-state index contributed by atoms with van der Waals surface area (Å²) in [6.45, 7) is 8.98. The fourth-order valence-corrected chi connectivity index (χ4v) is 2.27. The molecule has 1 unspecified atom stereocenters. The van der Waals surface area contributed by atoms with Crippen LogP contribution in [0.1, 0.15) is 39.4 Å². The molecule has 0 saturated heterocycles. The highest BCUT2D eigenvalue weighted by atomic mass is 16.5. The molecule has 2 N–H and O–H groups in total. The number of hydrogen-bond acceptors (Lipinski definition) is 3. The van der Waals surface area contributed by atoms with Gasteiger partial charge in [-0.2, -0.15) is 0 Å². The van der Waals surface area contributed by atoms with E-state index in [0.717, 1.165) is 29.4 Å². The summed E-state index contributed by atoms with van der Waals surface area (Å²) in [6, 6.07) is 8.03. The van der Waals surface area contributed by atoms with E-state index < -0.39 is 0 Å². The fourth-order valence-electron chi connectivity index (χ4n) is 2.27. The molecule has 0 aliphatic rings. The Hall–Kier alpha value is -1.81. The molecule has 0 amide bonds. The zero-order valence-electron chi connectivity index (χ0n) is 12.6. The van der Waals surface area contributed by atoms with Gasteiger partial charge in [0.05, 0.1) is 18.0 Å². The molecule has 2 aromatic rings. The first-order valence-electron chi connectivity index (χ1n) is 7.11. The molecule has 0 bridgehead atoms. The first kappa shape index (κ1) is 14.6. The SMILES string of the molecule is CCn1c(C(C)N)cnc1-c1ccc(OC(C)C)cc1. The summed E-state index contributed by atoms with van der Waals surface area (Å²) < 4.78 is 7.81. The van der Waals surface area contributed by atoms with Gasteiger partial charge in [0.2, 0.25) is 0 Å². The van der Waals surface area contributed by atoms with Gasteiger partial charge in [0.1, 0.15) is 11.6 Å². The third-order valence-corrected chi connectivity index (χ3v) is 3.15. The van der Waals surface area contributed by atoms with Crippen LogP contribution in [0.3, 0.4) is 0 Å². The fraction of sp³-hybridized carbons (Fsp3) is 0.438. The summed E-state index contributed by atoms with van der Waals surface area (Å²) in [5, 5.41) is 0. The maximum absolute atomic E-state index is 5.98. The number of hydrogen-bond donors (Lipinski definition) is 1. The molecule has 4 heteroatoms. The minimum Gasteiger partial charge on any atom is -0.491 e. The number of rotatable bonds is 5. The smallest absolute Gasteiger partial charge is 0.140 e. The Morgan fingerprint density at radius 1 is 1.20 bits per heavy atom. The lowest BCUT2D eigenvalue weighted by Gasteiger charge is -2.13. The summed E-state index contributed by atoms with van der Waals surface area (Å²) >= 11 is 0. The molecule has 1 heterocycles. The van der Waals surface area contributed by atoms with Crippen LogP contribution in [0.4, 0.5) is 0 Å². The molecular formula is C16H23N3O. The van der Waals surface area contributed by atoms with E-state index in [1.165, 1.54) is 0 Å². The molecule has 0 aliphatic carbocycles. The van der Waals surface area contributed by atoms with E-state index in [1.807, 2.05) is 51.2 Å². The standard InChI is InChI=1S/C16H23N3O/c1-5-19-15(12(4)17)10-18-16(19)13-6-8-14(9-7-13)20-11(2)3/h6-12H,5,17H2,1-4H3. The maximum atomic E-state index is 5.98. The van der Waals surface area contributed by atoms with Crippen molar-refractivity contribution in [3.05, 3.63) is 36.2 Å². The van der Waals surface area contributed by atoms with Crippen molar-refractivity contribution < 1.29 is 4.74 Å². The molecule has 0 saturated carbocycles. The number of imidazole rings is 1. The van der Waals surface area contributed by atoms with Crippen molar-refractivity contribution >= 4 is 0 Å². The van der Waals surface area contributed by atoms with Gasteiger partial charge < -0.3 is 15.0 Å². The van der Waals surface area contributed by atoms with Crippen LogP contribution >= 0.6 is 0 Å². The Bertz CT molecular complexity index is 556. The average Bonchev–Trinajstić information content (AvgIpc) is 2.82. The van der Waals surface area contributed by atoms with Gasteiger partial charge in [0.15, 0.2) is 0 Å². The Morgan fingerprint density at radius 3 is 2.35 bits per heavy atom. The van der Waals surface area contributed by atoms with Crippen molar-refractivity contribution in [3.8, 4) is 17.1 Å². The first-order valence-corrected chi connectivity index (χ1v) is 7.11. The largest absolute Gasteiger partial charge is 0.491 e. The quantitative estimate of drug-likeness (QED) is 0.908. The van der Waals surface area contributed by atoms with Crippen molar-refractivity contribution in [3.63, 3.8) is 0 Å². The number of nitrogens with zero attached hydrogens (tertiary/aromatic N) is 2. The summed E-state index contributed by atoms with van der Waals surface area (Å²) in [5.41, 5.74) is 8.12. The van der Waals surface area contributed by atoms with Gasteiger partial charge in [-0.25, -0.2) is 4.98 Å². The van der Waals surface area contributed by atoms with E-state index in [1.54, 1.807) is 0 Å². The number of benzene rings is 1. The highest BCUT2D eigenvalue weighted by Gasteiger charge is 2.13. The topological polar surface area (TPSA) is 53.1 Å². The van der Waals surface area contributed by atoms with Gasteiger partial charge in [-0.1, -0.05) is 0 Å². The van der Waals surface area contributed by atoms with Gasteiger partial charge >= 0.3 is 0 Å². The van der Waals surface area contributed by atoms with Crippen molar-refractivity contribution in [1.82, 2.24) is 9.55 Å². The van der Waals surface area contributed by atoms with E-state index in [9.17, 15) is 0 Å². The van der Waals surface area contributed by atoms with Crippen LogP contribution in [-0.2, 0) is 6.54 Å². The van der Waals surface area contributed by atoms with Gasteiger partial charge in [0, 0.05) is 18.2 Å². The molecule has 0 spiro atoms. The van der Waals surface area contributed by atoms with Crippen LogP contribution in [0, 0.1) is 0 Å². The monoisotopic (exact) mass is 273 g/mol. The summed E-state index contributed by atoms with van der Waals surface area (Å²) in [7, 11) is 0. The minimum atomic E-state index is -0.0141. The number of ether oxygens (including phenoxy) is 1. The van der Waals surface area contributed by atoms with E-state index in [4.69, 9.17) is 10.5 Å². The van der Waals surface area contributed by atoms with Crippen molar-refractivity contribution in [2.24, 2.45) is 5.73 Å². The van der Waals surface area contributed by atoms with Crippen LogP contribution in [0.15, 0.2) is 30.5 Å². The van der Waals surface area contributed by atoms with Crippen LogP contribution in [-0.4, -0.2) is 15.7 Å². The second kappa shape index (κ2) is 6.09. The molecule has 0 aliphatic heterocycles. The highest BCUT2D eigenvalue weighted by molar-refractivity contribution is 5.57. The van der Waals surface area contributed by atoms with Crippen LogP contribution in [0.25, 0.3) is 11.4 Å². The van der Waals surface area contributed by atoms with E-state index in [2.05, 4.69) is 16.5 Å². The van der Waals surface area contributed by atoms with Crippen LogP contribution < -0.4 is 10.5 Å². The highest BCUT2D eigenvalue weighted by Crippen LogP contribution is 2.24. The second-order valence-corrected chi connectivity index (χ2v) is 5.23. The van der Waals surface area contributed by atoms with Gasteiger partial charge in [-0.15, -0.1) is 0 Å². The Balaban J connectivity index is 2.32. The van der Waals surface area contributed by atoms with Gasteiger partial charge in [-0.3, -0.25) is 0 Å². The number of nitrogens with two attached hydrogens (primary N) is 1. The van der Waals surface area contributed by atoms with E-state index in [-0.39, 0.29) is 12.1 Å². The van der Waals surface area contributed by atoms with Gasteiger partial charge in [-0.05, 0) is 52.0 Å². The molecular weight excluding hydrogens is 250 g/mol. The summed E-state index contributed by atoms with van der Waals surface area (Å²) in [6.07, 6.45) is 2.05. The lowest BCUT2D eigenvalue weighted by molar-refractivity contribution is 0.242. The zero-order valence-corrected chi connectivity index (χ0v) is 12.6. The molecule has 4 nitrogen and oxygen atoms in total. The third-order valence-electron chi connectivity index (χ3n) is 3.15. The lowest BCUT2D eigenvalue weighted by Crippen LogP contribution is -2.12. The lowest BCUT2D eigenvalue weighted by atomic mass is 10.2. The molecule has 2 rings (SSSR count). The second-order valence-electron chi connectivity index (χ2n) is 5.23. The van der Waals surface area contributed by atoms with Crippen molar-refractivity contribution in [2.75, 3.05) is 0 Å². The zero-order chi connectivity index (χ0) is 14.7. The summed E-state index contributed by atoms with van der Waals surface area (Å²) in [4.78, 5) is 4.51. The third kappa shape index (κ3) is 3.02. The maximum Gasteiger partial charge on any atom is 0.140 e. The van der Waals surface area contributed by atoms with Crippen molar-refractivity contribution in [2.45, 2.75) is 46.4 Å². The molecule has 108 valence electrons. The Labute approximate surface area is 120 Å². The van der Waals surface area contributed by atoms with Crippen molar-refractivity contribution in [1.29, 1.82) is 0 Å².